The molecule has 2 aromatic carbocycles. The van der Waals surface area contributed by atoms with Crippen molar-refractivity contribution in [3.63, 3.8) is 0 Å². The smallest absolute Gasteiger partial charge is 0.102 e. The lowest BCUT2D eigenvalue weighted by Crippen LogP contribution is -2.33. The minimum Gasteiger partial charge on any atom is -0.370 e. The van der Waals surface area contributed by atoms with E-state index in [4.69, 9.17) is 11.6 Å². The summed E-state index contributed by atoms with van der Waals surface area (Å²) in [5, 5.41) is 13.1. The van der Waals surface area contributed by atoms with Crippen LogP contribution in [0.5, 0.6) is 0 Å². The molecule has 1 fully saturated rings. The number of anilines is 1. The van der Waals surface area contributed by atoms with Crippen molar-refractivity contribution in [1.82, 2.24) is 0 Å². The van der Waals surface area contributed by atoms with Crippen LogP contribution in [0, 0.1) is 17.2 Å². The summed E-state index contributed by atoms with van der Waals surface area (Å²) in [6.07, 6.45) is 4.39. The molecule has 146 valence electrons. The fourth-order valence-corrected chi connectivity index (χ4v) is 5.77. The number of hydrogen-bond donors (Lipinski definition) is 0. The van der Waals surface area contributed by atoms with Crippen LogP contribution in [-0.4, -0.2) is 13.1 Å². The summed E-state index contributed by atoms with van der Waals surface area (Å²) < 4.78 is 0. The summed E-state index contributed by atoms with van der Waals surface area (Å²) in [5.74, 6) is 0.758. The average Bonchev–Trinajstić information content (AvgIpc) is 3.23. The first-order chi connectivity index (χ1) is 14.2. The molecule has 2 aliphatic rings. The van der Waals surface area contributed by atoms with Gasteiger partial charge in [0.2, 0.25) is 0 Å². The van der Waals surface area contributed by atoms with E-state index in [1.54, 1.807) is 0 Å². The zero-order valence-corrected chi connectivity index (χ0v) is 18.1. The molecule has 2 nitrogen and oxygen atoms in total. The molecule has 0 atom stereocenters. The Balaban J connectivity index is 1.76. The molecule has 2 heterocycles. The number of benzene rings is 2. The number of aryl methyl sites for hydroxylation is 1. The van der Waals surface area contributed by atoms with Gasteiger partial charge in [-0.3, -0.25) is 0 Å². The second kappa shape index (κ2) is 7.52. The molecular weight excluding hydrogens is 396 g/mol. The second-order valence-electron chi connectivity index (χ2n) is 8.22. The molecular formula is C25H23ClN2S. The van der Waals surface area contributed by atoms with E-state index < -0.39 is 0 Å². The normalized spacial score (nSPS) is 16.2. The molecule has 29 heavy (non-hydrogen) atoms. The third kappa shape index (κ3) is 3.25. The van der Waals surface area contributed by atoms with Crippen molar-refractivity contribution in [3.8, 4) is 28.3 Å². The van der Waals surface area contributed by atoms with Gasteiger partial charge in [-0.15, -0.1) is 11.3 Å². The summed E-state index contributed by atoms with van der Waals surface area (Å²) in [4.78, 5) is 3.83. The molecule has 0 unspecified atom stereocenters. The number of piperidine rings is 1. The van der Waals surface area contributed by atoms with Crippen LogP contribution in [0.3, 0.4) is 0 Å². The third-order valence-electron chi connectivity index (χ3n) is 6.42. The van der Waals surface area contributed by atoms with Gasteiger partial charge in [0, 0.05) is 28.6 Å². The number of fused-ring (bicyclic) bond motifs is 3. The molecule has 0 amide bonds. The predicted molar refractivity (Wildman–Crippen MR) is 123 cm³/mol. The number of nitrogens with zero attached hydrogens (tertiary/aromatic N) is 2. The highest BCUT2D eigenvalue weighted by Gasteiger charge is 2.28. The SMILES string of the molecule is CC1CCN(c2cc(-c3ccc(Cl)cc3)c3c(c2C#N)-c2ccsc2CC3)CC1. The zero-order valence-electron chi connectivity index (χ0n) is 16.5. The van der Waals surface area contributed by atoms with Crippen LogP contribution in [0.4, 0.5) is 5.69 Å². The fourth-order valence-electron chi connectivity index (χ4n) is 4.76. The quantitative estimate of drug-likeness (QED) is 0.450. The standard InChI is InChI=1S/C25H23ClN2S/c1-16-8-11-28(12-9-16)23-14-21(17-2-4-18(26)5-3-17)19-6-7-24-20(10-13-29-24)25(19)22(23)15-27/h2-5,10,13-14,16H,6-9,11-12H2,1H3. The molecule has 1 aromatic heterocycles. The minimum absolute atomic E-state index is 0.752. The summed E-state index contributed by atoms with van der Waals surface area (Å²) in [6.45, 7) is 4.36. The van der Waals surface area contributed by atoms with Gasteiger partial charge in [-0.25, -0.2) is 0 Å². The Morgan fingerprint density at radius 1 is 1.07 bits per heavy atom. The maximum atomic E-state index is 10.2. The van der Waals surface area contributed by atoms with Gasteiger partial charge >= 0.3 is 0 Å². The highest BCUT2D eigenvalue weighted by Crippen LogP contribution is 2.46. The Hall–Kier alpha value is -2.28. The Morgan fingerprint density at radius 2 is 1.83 bits per heavy atom. The maximum Gasteiger partial charge on any atom is 0.102 e. The van der Waals surface area contributed by atoms with Crippen molar-refractivity contribution >= 4 is 28.6 Å². The highest BCUT2D eigenvalue weighted by atomic mass is 35.5. The fraction of sp³-hybridized carbons (Fsp3) is 0.320. The number of rotatable bonds is 2. The molecule has 3 aromatic rings. The largest absolute Gasteiger partial charge is 0.370 e. The van der Waals surface area contributed by atoms with Crippen molar-refractivity contribution in [2.45, 2.75) is 32.6 Å². The number of hydrogen-bond acceptors (Lipinski definition) is 3. The van der Waals surface area contributed by atoms with E-state index in [1.165, 1.54) is 40.0 Å². The first-order valence-corrected chi connectivity index (χ1v) is 11.6. The van der Waals surface area contributed by atoms with E-state index in [9.17, 15) is 5.26 Å². The van der Waals surface area contributed by atoms with E-state index in [1.807, 2.05) is 23.5 Å². The topological polar surface area (TPSA) is 27.0 Å². The van der Waals surface area contributed by atoms with E-state index >= 15 is 0 Å². The van der Waals surface area contributed by atoms with Crippen LogP contribution in [0.15, 0.2) is 41.8 Å². The van der Waals surface area contributed by atoms with Crippen LogP contribution in [0.25, 0.3) is 22.3 Å². The van der Waals surface area contributed by atoms with E-state index in [-0.39, 0.29) is 0 Å². The van der Waals surface area contributed by atoms with Gasteiger partial charge in [0.15, 0.2) is 0 Å². The number of halogens is 1. The van der Waals surface area contributed by atoms with Gasteiger partial charge in [-0.1, -0.05) is 30.7 Å². The molecule has 0 radical (unpaired) electrons. The summed E-state index contributed by atoms with van der Waals surface area (Å²) in [6, 6.07) is 15.2. The Labute approximate surface area is 181 Å². The lowest BCUT2D eigenvalue weighted by Gasteiger charge is -2.34. The van der Waals surface area contributed by atoms with Crippen molar-refractivity contribution in [2.24, 2.45) is 5.92 Å². The van der Waals surface area contributed by atoms with Gasteiger partial charge in [-0.2, -0.15) is 5.26 Å². The van der Waals surface area contributed by atoms with Crippen molar-refractivity contribution in [1.29, 1.82) is 5.26 Å². The molecule has 0 spiro atoms. The molecule has 5 rings (SSSR count). The Morgan fingerprint density at radius 3 is 2.55 bits per heavy atom. The minimum atomic E-state index is 0.752. The van der Waals surface area contributed by atoms with E-state index in [0.717, 1.165) is 53.7 Å². The molecule has 1 saturated heterocycles. The molecule has 0 bridgehead atoms. The average molecular weight is 419 g/mol. The van der Waals surface area contributed by atoms with Gasteiger partial charge in [-0.05, 0) is 83.5 Å². The third-order valence-corrected chi connectivity index (χ3v) is 7.65. The molecule has 4 heteroatoms. The summed E-state index contributed by atoms with van der Waals surface area (Å²) >= 11 is 7.97. The molecule has 0 saturated carbocycles. The van der Waals surface area contributed by atoms with Crippen LogP contribution < -0.4 is 4.90 Å². The van der Waals surface area contributed by atoms with E-state index in [0.29, 0.717) is 0 Å². The number of nitriles is 1. The first kappa shape index (κ1) is 18.7. The van der Waals surface area contributed by atoms with E-state index in [2.05, 4.69) is 47.5 Å². The van der Waals surface area contributed by atoms with Crippen molar-refractivity contribution in [3.05, 3.63) is 62.8 Å². The Bertz CT molecular complexity index is 1100. The summed E-state index contributed by atoms with van der Waals surface area (Å²) in [5.41, 5.74) is 8.12. The first-order valence-electron chi connectivity index (χ1n) is 10.3. The van der Waals surface area contributed by atoms with Gasteiger partial charge < -0.3 is 4.90 Å². The number of thiophene rings is 1. The predicted octanol–water partition coefficient (Wildman–Crippen LogP) is 6.94. The zero-order chi connectivity index (χ0) is 20.0. The van der Waals surface area contributed by atoms with Crippen LogP contribution in [0.1, 0.15) is 35.8 Å². The molecule has 1 aliphatic carbocycles. The van der Waals surface area contributed by atoms with Gasteiger partial charge in [0.25, 0.3) is 0 Å². The molecule has 1 aliphatic heterocycles. The highest BCUT2D eigenvalue weighted by molar-refractivity contribution is 7.10. The maximum absolute atomic E-state index is 10.2. The summed E-state index contributed by atoms with van der Waals surface area (Å²) in [7, 11) is 0. The lowest BCUT2D eigenvalue weighted by atomic mass is 9.81. The van der Waals surface area contributed by atoms with Crippen molar-refractivity contribution < 1.29 is 0 Å². The molecule has 0 N–H and O–H groups in total. The van der Waals surface area contributed by atoms with Crippen LogP contribution in [0.2, 0.25) is 5.02 Å². The van der Waals surface area contributed by atoms with Gasteiger partial charge in [0.05, 0.1) is 11.3 Å². The van der Waals surface area contributed by atoms with Crippen LogP contribution >= 0.6 is 22.9 Å². The monoisotopic (exact) mass is 418 g/mol. The van der Waals surface area contributed by atoms with Gasteiger partial charge in [0.1, 0.15) is 6.07 Å². The lowest BCUT2D eigenvalue weighted by molar-refractivity contribution is 0.438. The van der Waals surface area contributed by atoms with Crippen LogP contribution in [-0.2, 0) is 12.8 Å². The second-order valence-corrected chi connectivity index (χ2v) is 9.65. The Kier molecular flexibility index (Phi) is 4.86. The van der Waals surface area contributed by atoms with Crippen molar-refractivity contribution in [2.75, 3.05) is 18.0 Å².